The molecule has 4 rings (SSSR count). The van der Waals surface area contributed by atoms with Crippen molar-refractivity contribution in [2.45, 2.75) is 0 Å². The molecule has 8 heteroatoms. The van der Waals surface area contributed by atoms with Crippen molar-refractivity contribution in [1.82, 2.24) is 9.88 Å². The molecule has 2 heterocycles. The SMILES string of the molecule is COc1ccccc1C=Cc1nc(C#N)c(N2CCN(C(=O)c3ccc(Cl)cc3)CC2)o1. The number of hydrogen-bond donors (Lipinski definition) is 0. The first-order valence-electron chi connectivity index (χ1n) is 10.1. The Morgan fingerprint density at radius 3 is 2.53 bits per heavy atom. The number of nitriles is 1. The van der Waals surface area contributed by atoms with Crippen molar-refractivity contribution in [2.75, 3.05) is 38.2 Å². The van der Waals surface area contributed by atoms with Crippen LogP contribution >= 0.6 is 11.6 Å². The van der Waals surface area contributed by atoms with Gasteiger partial charge in [0.05, 0.1) is 7.11 Å². The summed E-state index contributed by atoms with van der Waals surface area (Å²) in [6.45, 7) is 2.11. The standard InChI is InChI=1S/C24H21ClN4O3/c1-31-21-5-3-2-4-17(21)8-11-22-27-20(16-26)24(32-22)29-14-12-28(13-15-29)23(30)18-6-9-19(25)10-7-18/h2-11H,12-15H2,1H3. The summed E-state index contributed by atoms with van der Waals surface area (Å²) in [4.78, 5) is 20.7. The number of aromatic nitrogens is 1. The van der Waals surface area contributed by atoms with Gasteiger partial charge in [0.25, 0.3) is 5.91 Å². The van der Waals surface area contributed by atoms with Gasteiger partial charge < -0.3 is 19.0 Å². The molecule has 7 nitrogen and oxygen atoms in total. The summed E-state index contributed by atoms with van der Waals surface area (Å²) >= 11 is 5.91. The van der Waals surface area contributed by atoms with Gasteiger partial charge in [0.15, 0.2) is 0 Å². The number of rotatable bonds is 5. The van der Waals surface area contributed by atoms with E-state index in [1.54, 1.807) is 42.4 Å². The Morgan fingerprint density at radius 2 is 1.84 bits per heavy atom. The van der Waals surface area contributed by atoms with Crippen LogP contribution in [0.3, 0.4) is 0 Å². The van der Waals surface area contributed by atoms with Gasteiger partial charge in [0.1, 0.15) is 11.8 Å². The van der Waals surface area contributed by atoms with Gasteiger partial charge in [0, 0.05) is 48.4 Å². The lowest BCUT2D eigenvalue weighted by atomic mass is 10.2. The summed E-state index contributed by atoms with van der Waals surface area (Å²) < 4.78 is 11.2. The van der Waals surface area contributed by atoms with E-state index in [-0.39, 0.29) is 11.6 Å². The van der Waals surface area contributed by atoms with E-state index in [4.69, 9.17) is 20.8 Å². The molecule has 0 bridgehead atoms. The van der Waals surface area contributed by atoms with Gasteiger partial charge in [-0.25, -0.2) is 0 Å². The number of para-hydroxylation sites is 1. The van der Waals surface area contributed by atoms with E-state index in [1.807, 2.05) is 35.2 Å². The monoisotopic (exact) mass is 448 g/mol. The van der Waals surface area contributed by atoms with E-state index in [0.717, 1.165) is 11.3 Å². The predicted molar refractivity (Wildman–Crippen MR) is 123 cm³/mol. The fraction of sp³-hybridized carbons (Fsp3) is 0.208. The summed E-state index contributed by atoms with van der Waals surface area (Å²) in [5.74, 6) is 1.45. The molecule has 0 atom stereocenters. The number of oxazole rings is 1. The zero-order valence-corrected chi connectivity index (χ0v) is 18.2. The number of benzene rings is 2. The van der Waals surface area contributed by atoms with Gasteiger partial charge >= 0.3 is 0 Å². The van der Waals surface area contributed by atoms with Gasteiger partial charge in [-0.1, -0.05) is 29.8 Å². The van der Waals surface area contributed by atoms with Crippen LogP contribution in [0.2, 0.25) is 5.02 Å². The molecule has 0 N–H and O–H groups in total. The third-order valence-corrected chi connectivity index (χ3v) is 5.47. The number of ether oxygens (including phenoxy) is 1. The van der Waals surface area contributed by atoms with E-state index >= 15 is 0 Å². The van der Waals surface area contributed by atoms with E-state index < -0.39 is 0 Å². The number of carbonyl (C=O) groups excluding carboxylic acids is 1. The van der Waals surface area contributed by atoms with Crippen LogP contribution in [0.5, 0.6) is 5.75 Å². The van der Waals surface area contributed by atoms with Crippen LogP contribution in [-0.2, 0) is 0 Å². The zero-order chi connectivity index (χ0) is 22.5. The Labute approximate surface area is 191 Å². The lowest BCUT2D eigenvalue weighted by Gasteiger charge is -2.34. The summed E-state index contributed by atoms with van der Waals surface area (Å²) in [5, 5.41) is 10.1. The number of anilines is 1. The van der Waals surface area contributed by atoms with E-state index in [1.165, 1.54) is 0 Å². The quantitative estimate of drug-likeness (QED) is 0.577. The Balaban J connectivity index is 1.45. The molecule has 0 aliphatic carbocycles. The average molecular weight is 449 g/mol. The van der Waals surface area contributed by atoms with Crippen LogP contribution in [0, 0.1) is 11.3 Å². The molecule has 0 radical (unpaired) electrons. The molecule has 1 aliphatic rings. The lowest BCUT2D eigenvalue weighted by Crippen LogP contribution is -2.48. The van der Waals surface area contributed by atoms with Crippen LogP contribution < -0.4 is 9.64 Å². The number of halogens is 1. The van der Waals surface area contributed by atoms with Crippen molar-refractivity contribution in [3.63, 3.8) is 0 Å². The van der Waals surface area contributed by atoms with Gasteiger partial charge in [0.2, 0.25) is 17.5 Å². The minimum Gasteiger partial charge on any atom is -0.496 e. The number of carbonyl (C=O) groups is 1. The Morgan fingerprint density at radius 1 is 1.12 bits per heavy atom. The average Bonchev–Trinajstić information content (AvgIpc) is 3.26. The van der Waals surface area contributed by atoms with Gasteiger partial charge in [-0.05, 0) is 36.4 Å². The van der Waals surface area contributed by atoms with Gasteiger partial charge in [-0.3, -0.25) is 4.79 Å². The molecular weight excluding hydrogens is 428 g/mol. The van der Waals surface area contributed by atoms with Crippen molar-refractivity contribution in [3.05, 3.63) is 76.3 Å². The highest BCUT2D eigenvalue weighted by atomic mass is 35.5. The van der Waals surface area contributed by atoms with Gasteiger partial charge in [-0.2, -0.15) is 10.2 Å². The summed E-state index contributed by atoms with van der Waals surface area (Å²) in [6, 6.07) is 16.6. The minimum atomic E-state index is -0.0418. The summed E-state index contributed by atoms with van der Waals surface area (Å²) in [7, 11) is 1.61. The molecule has 1 aromatic heterocycles. The van der Waals surface area contributed by atoms with E-state index in [0.29, 0.717) is 48.5 Å². The maximum Gasteiger partial charge on any atom is 0.253 e. The van der Waals surface area contributed by atoms with Crippen LogP contribution in [0.4, 0.5) is 5.88 Å². The van der Waals surface area contributed by atoms with Crippen molar-refractivity contribution in [3.8, 4) is 11.8 Å². The summed E-state index contributed by atoms with van der Waals surface area (Å²) in [6.07, 6.45) is 3.54. The fourth-order valence-electron chi connectivity index (χ4n) is 3.54. The first-order chi connectivity index (χ1) is 15.6. The molecule has 1 aliphatic heterocycles. The van der Waals surface area contributed by atoms with Crippen LogP contribution in [0.1, 0.15) is 27.5 Å². The smallest absolute Gasteiger partial charge is 0.253 e. The van der Waals surface area contributed by atoms with Crippen LogP contribution in [0.15, 0.2) is 52.9 Å². The maximum atomic E-state index is 12.7. The zero-order valence-electron chi connectivity index (χ0n) is 17.5. The lowest BCUT2D eigenvalue weighted by molar-refractivity contribution is 0.0745. The van der Waals surface area contributed by atoms with Crippen molar-refractivity contribution < 1.29 is 13.9 Å². The molecular formula is C24H21ClN4O3. The second-order valence-electron chi connectivity index (χ2n) is 7.18. The fourth-order valence-corrected chi connectivity index (χ4v) is 3.67. The number of piperazine rings is 1. The highest BCUT2D eigenvalue weighted by Crippen LogP contribution is 2.26. The van der Waals surface area contributed by atoms with E-state index in [9.17, 15) is 10.1 Å². The maximum absolute atomic E-state index is 12.7. The number of methoxy groups -OCH3 is 1. The predicted octanol–water partition coefficient (Wildman–Crippen LogP) is 4.34. The molecule has 1 fully saturated rings. The van der Waals surface area contributed by atoms with Crippen LogP contribution in [-0.4, -0.2) is 49.1 Å². The Kier molecular flexibility index (Phi) is 6.43. The second kappa shape index (κ2) is 9.58. The van der Waals surface area contributed by atoms with Crippen molar-refractivity contribution in [1.29, 1.82) is 5.26 Å². The van der Waals surface area contributed by atoms with E-state index in [2.05, 4.69) is 11.1 Å². The number of amides is 1. The minimum absolute atomic E-state index is 0.0418. The number of hydrogen-bond acceptors (Lipinski definition) is 6. The Bertz CT molecular complexity index is 1170. The number of nitrogens with zero attached hydrogens (tertiary/aromatic N) is 4. The first kappa shape index (κ1) is 21.5. The van der Waals surface area contributed by atoms with Gasteiger partial charge in [-0.15, -0.1) is 0 Å². The normalized spacial score (nSPS) is 13.9. The Hall–Kier alpha value is -3.76. The van der Waals surface area contributed by atoms with Crippen molar-refractivity contribution >= 4 is 35.5 Å². The van der Waals surface area contributed by atoms with Crippen LogP contribution in [0.25, 0.3) is 12.2 Å². The molecule has 0 unspecified atom stereocenters. The molecule has 32 heavy (non-hydrogen) atoms. The third-order valence-electron chi connectivity index (χ3n) is 5.22. The topological polar surface area (TPSA) is 82.6 Å². The highest BCUT2D eigenvalue weighted by Gasteiger charge is 2.26. The molecule has 2 aromatic carbocycles. The first-order valence-corrected chi connectivity index (χ1v) is 10.5. The molecule has 1 amide bonds. The summed E-state index contributed by atoms with van der Waals surface area (Å²) in [5.41, 5.74) is 1.70. The molecule has 0 saturated carbocycles. The van der Waals surface area contributed by atoms with Crippen molar-refractivity contribution in [2.24, 2.45) is 0 Å². The molecule has 0 spiro atoms. The second-order valence-corrected chi connectivity index (χ2v) is 7.62. The molecule has 162 valence electrons. The highest BCUT2D eigenvalue weighted by molar-refractivity contribution is 6.30. The molecule has 3 aromatic rings. The third kappa shape index (κ3) is 4.61. The molecule has 1 saturated heterocycles. The largest absolute Gasteiger partial charge is 0.496 e.